The van der Waals surface area contributed by atoms with Gasteiger partial charge in [-0.2, -0.15) is 4.57 Å². The molecule has 0 radical (unpaired) electrons. The van der Waals surface area contributed by atoms with Crippen LogP contribution in [0.4, 0.5) is 0 Å². The molecule has 1 nitrogen and oxygen atoms in total. The lowest BCUT2D eigenvalue weighted by Crippen LogP contribution is -2.34. The molecule has 0 aliphatic carbocycles. The molecule has 0 unspecified atom stereocenters. The topological polar surface area (TPSA) is 3.88 Å². The summed E-state index contributed by atoms with van der Waals surface area (Å²) in [6.45, 7) is 4.34. The minimum Gasteiger partial charge on any atom is -0.197 e. The summed E-state index contributed by atoms with van der Waals surface area (Å²) in [7, 11) is 2.15. The van der Waals surface area contributed by atoms with Crippen LogP contribution in [0.1, 0.15) is 11.3 Å². The van der Waals surface area contributed by atoms with Gasteiger partial charge in [0.25, 0.3) is 0 Å². The molecule has 90 valence electrons. The molecule has 0 spiro atoms. The fraction of sp³-hybridized carbons (Fsp3) is 0.188. The lowest BCUT2D eigenvalue weighted by molar-refractivity contribution is -0.665. The SMILES string of the molecule is Cc1ccccc1-c1c2sccc2cc(C)[n+]1C. The maximum absolute atomic E-state index is 2.29. The van der Waals surface area contributed by atoms with Gasteiger partial charge in [-0.15, -0.1) is 11.3 Å². The summed E-state index contributed by atoms with van der Waals surface area (Å²) in [6, 6.07) is 13.1. The number of nitrogens with zero attached hydrogens (tertiary/aromatic N) is 1. The molecule has 0 fully saturated rings. The molecule has 0 atom stereocenters. The van der Waals surface area contributed by atoms with Crippen molar-refractivity contribution in [2.45, 2.75) is 13.8 Å². The number of pyridine rings is 1. The van der Waals surface area contributed by atoms with Crippen LogP contribution in [0.2, 0.25) is 0 Å². The fourth-order valence-corrected chi connectivity index (χ4v) is 3.39. The van der Waals surface area contributed by atoms with Gasteiger partial charge in [-0.1, -0.05) is 18.2 Å². The van der Waals surface area contributed by atoms with Crippen LogP contribution in [0.5, 0.6) is 0 Å². The zero-order chi connectivity index (χ0) is 12.7. The van der Waals surface area contributed by atoms with Gasteiger partial charge < -0.3 is 0 Å². The van der Waals surface area contributed by atoms with E-state index < -0.39 is 0 Å². The molecule has 2 aromatic heterocycles. The largest absolute Gasteiger partial charge is 0.230 e. The van der Waals surface area contributed by atoms with E-state index in [0.717, 1.165) is 0 Å². The normalized spacial score (nSPS) is 11.1. The Bertz CT molecular complexity index is 725. The molecule has 0 saturated carbocycles. The van der Waals surface area contributed by atoms with Crippen LogP contribution in [0.15, 0.2) is 41.8 Å². The van der Waals surface area contributed by atoms with E-state index in [1.54, 1.807) is 0 Å². The van der Waals surface area contributed by atoms with Crippen LogP contribution in [-0.2, 0) is 7.05 Å². The maximum Gasteiger partial charge on any atom is 0.230 e. The van der Waals surface area contributed by atoms with Crippen LogP contribution in [0, 0.1) is 13.8 Å². The van der Waals surface area contributed by atoms with Gasteiger partial charge in [-0.25, -0.2) is 0 Å². The summed E-state index contributed by atoms with van der Waals surface area (Å²) >= 11 is 1.82. The predicted octanol–water partition coefficient (Wildman–Crippen LogP) is 4.01. The molecule has 18 heavy (non-hydrogen) atoms. The molecule has 1 aromatic carbocycles. The van der Waals surface area contributed by atoms with E-state index in [2.05, 4.69) is 67.2 Å². The van der Waals surface area contributed by atoms with Gasteiger partial charge in [0.15, 0.2) is 5.69 Å². The van der Waals surface area contributed by atoms with Crippen molar-refractivity contribution in [2.75, 3.05) is 0 Å². The first-order valence-corrected chi connectivity index (χ1v) is 6.99. The van der Waals surface area contributed by atoms with Gasteiger partial charge in [-0.05, 0) is 30.0 Å². The van der Waals surface area contributed by atoms with Crippen molar-refractivity contribution < 1.29 is 4.57 Å². The van der Waals surface area contributed by atoms with E-state index in [-0.39, 0.29) is 0 Å². The molecule has 0 aliphatic rings. The number of benzene rings is 1. The first-order valence-electron chi connectivity index (χ1n) is 6.11. The molecule has 3 aromatic rings. The van der Waals surface area contributed by atoms with E-state index in [9.17, 15) is 0 Å². The van der Waals surface area contributed by atoms with Gasteiger partial charge in [0, 0.05) is 18.4 Å². The highest BCUT2D eigenvalue weighted by atomic mass is 32.1. The van der Waals surface area contributed by atoms with Crippen molar-refractivity contribution in [1.29, 1.82) is 0 Å². The Balaban J connectivity index is 2.44. The molecule has 3 rings (SSSR count). The monoisotopic (exact) mass is 254 g/mol. The van der Waals surface area contributed by atoms with E-state index in [1.807, 2.05) is 11.3 Å². The van der Waals surface area contributed by atoms with Gasteiger partial charge in [0.2, 0.25) is 5.69 Å². The van der Waals surface area contributed by atoms with Crippen LogP contribution >= 0.6 is 11.3 Å². The number of fused-ring (bicyclic) bond motifs is 1. The Hall–Kier alpha value is -1.67. The summed E-state index contributed by atoms with van der Waals surface area (Å²) in [5.41, 5.74) is 5.28. The lowest BCUT2D eigenvalue weighted by Gasteiger charge is -2.07. The number of thiophene rings is 1. The molecule has 0 bridgehead atoms. The predicted molar refractivity (Wildman–Crippen MR) is 77.9 cm³/mol. The standard InChI is InChI=1S/C16H16NS/c1-11-6-4-5-7-14(11)15-16-13(8-9-18-16)10-12(2)17(15)3/h4-10H,1-3H3/q+1. The molecule has 0 saturated heterocycles. The highest BCUT2D eigenvalue weighted by molar-refractivity contribution is 7.17. The quantitative estimate of drug-likeness (QED) is 0.578. The highest BCUT2D eigenvalue weighted by Gasteiger charge is 2.19. The van der Waals surface area contributed by atoms with E-state index >= 15 is 0 Å². The smallest absolute Gasteiger partial charge is 0.197 e. The number of hydrogen-bond acceptors (Lipinski definition) is 1. The van der Waals surface area contributed by atoms with Crippen LogP contribution in [0.3, 0.4) is 0 Å². The van der Waals surface area contributed by atoms with Crippen molar-refractivity contribution in [3.8, 4) is 11.3 Å². The second kappa shape index (κ2) is 4.21. The van der Waals surface area contributed by atoms with E-state index in [0.29, 0.717) is 0 Å². The molecule has 2 heteroatoms. The third-order valence-corrected chi connectivity index (χ3v) is 4.48. The minimum absolute atomic E-state index is 1.29. The minimum atomic E-state index is 1.29. The highest BCUT2D eigenvalue weighted by Crippen LogP contribution is 2.31. The number of aromatic nitrogens is 1. The Kier molecular flexibility index (Phi) is 2.67. The summed E-state index contributed by atoms with van der Waals surface area (Å²) < 4.78 is 3.67. The molecule has 0 N–H and O–H groups in total. The van der Waals surface area contributed by atoms with Crippen molar-refractivity contribution in [3.63, 3.8) is 0 Å². The summed E-state index contributed by atoms with van der Waals surface area (Å²) in [6.07, 6.45) is 0. The van der Waals surface area contributed by atoms with Gasteiger partial charge in [-0.3, -0.25) is 0 Å². The van der Waals surface area contributed by atoms with Gasteiger partial charge in [0.05, 0.1) is 5.56 Å². The van der Waals surface area contributed by atoms with Crippen molar-refractivity contribution in [2.24, 2.45) is 7.05 Å². The summed E-state index contributed by atoms with van der Waals surface area (Å²) in [5, 5.41) is 3.51. The maximum atomic E-state index is 2.29. The second-order valence-electron chi connectivity index (χ2n) is 4.71. The zero-order valence-electron chi connectivity index (χ0n) is 10.9. The Morgan fingerprint density at radius 1 is 1.06 bits per heavy atom. The van der Waals surface area contributed by atoms with Crippen LogP contribution < -0.4 is 4.57 Å². The van der Waals surface area contributed by atoms with E-state index in [1.165, 1.54) is 32.6 Å². The molecule has 0 amide bonds. The van der Waals surface area contributed by atoms with Gasteiger partial charge >= 0.3 is 0 Å². The lowest BCUT2D eigenvalue weighted by atomic mass is 10.0. The third kappa shape index (κ3) is 1.65. The summed E-state index contributed by atoms with van der Waals surface area (Å²) in [4.78, 5) is 0. The Labute approximate surface area is 111 Å². The number of aryl methyl sites for hydroxylation is 2. The molecular weight excluding hydrogens is 238 g/mol. The summed E-state index contributed by atoms with van der Waals surface area (Å²) in [5.74, 6) is 0. The van der Waals surface area contributed by atoms with Gasteiger partial charge in [0.1, 0.15) is 11.7 Å². The van der Waals surface area contributed by atoms with Crippen molar-refractivity contribution >= 4 is 21.4 Å². The Morgan fingerprint density at radius 2 is 1.83 bits per heavy atom. The molecule has 2 heterocycles. The van der Waals surface area contributed by atoms with Crippen molar-refractivity contribution in [3.05, 3.63) is 53.0 Å². The first-order chi connectivity index (χ1) is 8.68. The number of hydrogen-bond donors (Lipinski definition) is 0. The van der Waals surface area contributed by atoms with Crippen LogP contribution in [0.25, 0.3) is 21.3 Å². The first kappa shape index (κ1) is 11.4. The number of rotatable bonds is 1. The average Bonchev–Trinajstić information content (AvgIpc) is 2.80. The second-order valence-corrected chi connectivity index (χ2v) is 5.63. The van der Waals surface area contributed by atoms with Crippen LogP contribution in [-0.4, -0.2) is 0 Å². The molecule has 0 aliphatic heterocycles. The van der Waals surface area contributed by atoms with E-state index in [4.69, 9.17) is 0 Å². The average molecular weight is 254 g/mol. The Morgan fingerprint density at radius 3 is 2.61 bits per heavy atom. The molecular formula is C16H16NS+. The zero-order valence-corrected chi connectivity index (χ0v) is 11.7. The third-order valence-electron chi connectivity index (χ3n) is 3.54. The fourth-order valence-electron chi connectivity index (χ4n) is 2.42. The van der Waals surface area contributed by atoms with Crippen molar-refractivity contribution in [1.82, 2.24) is 0 Å².